The number of halogens is 1. The molecule has 0 aliphatic heterocycles. The normalized spacial score (nSPS) is 12.4. The predicted octanol–water partition coefficient (Wildman–Crippen LogP) is 3.70. The number of hydrogen-bond acceptors (Lipinski definition) is 3. The second-order valence-electron chi connectivity index (χ2n) is 4.74. The van der Waals surface area contributed by atoms with Gasteiger partial charge < -0.3 is 4.74 Å². The monoisotopic (exact) mass is 363 g/mol. The Morgan fingerprint density at radius 1 is 1.20 bits per heavy atom. The fourth-order valence-electron chi connectivity index (χ4n) is 2.17. The zero-order chi connectivity index (χ0) is 15.4. The molecule has 0 saturated carbocycles. The highest BCUT2D eigenvalue weighted by atomic mass is 79.9. The fourth-order valence-corrected chi connectivity index (χ4v) is 4.49. The number of hydrogen-bond donors (Lipinski definition) is 1. The first-order chi connectivity index (χ1) is 9.34. The van der Waals surface area contributed by atoms with Gasteiger partial charge in [0.15, 0.2) is 0 Å². The second-order valence-corrected chi connectivity index (χ2v) is 7.31. The summed E-state index contributed by atoms with van der Waals surface area (Å²) in [6.07, 6.45) is 2.24. The van der Waals surface area contributed by atoms with Crippen LogP contribution in [0.4, 0.5) is 0 Å². The van der Waals surface area contributed by atoms with Crippen molar-refractivity contribution in [3.63, 3.8) is 0 Å². The molecule has 0 fully saturated rings. The lowest BCUT2D eigenvalue weighted by molar-refractivity contribution is 0.340. The van der Waals surface area contributed by atoms with E-state index in [1.165, 1.54) is 7.11 Å². The summed E-state index contributed by atoms with van der Waals surface area (Å²) in [4.78, 5) is 0.161. The highest BCUT2D eigenvalue weighted by Gasteiger charge is 2.32. The lowest BCUT2D eigenvalue weighted by atomic mass is 9.91. The number of methoxy groups -OCH3 is 1. The van der Waals surface area contributed by atoms with Crippen LogP contribution in [0.15, 0.2) is 27.6 Å². The molecule has 0 aliphatic rings. The Morgan fingerprint density at radius 3 is 2.20 bits per heavy atom. The third-order valence-corrected chi connectivity index (χ3v) is 5.89. The zero-order valence-corrected chi connectivity index (χ0v) is 14.8. The summed E-state index contributed by atoms with van der Waals surface area (Å²) in [7, 11) is -2.16. The molecule has 0 unspecified atom stereocenters. The van der Waals surface area contributed by atoms with Gasteiger partial charge in [-0.05, 0) is 37.5 Å². The second kappa shape index (κ2) is 6.91. The molecule has 0 aromatic heterocycles. The van der Waals surface area contributed by atoms with Gasteiger partial charge in [0.1, 0.15) is 10.6 Å². The highest BCUT2D eigenvalue weighted by Crippen LogP contribution is 2.30. The summed E-state index contributed by atoms with van der Waals surface area (Å²) in [5.74, 6) is 0.345. The first-order valence-corrected chi connectivity index (χ1v) is 8.99. The van der Waals surface area contributed by atoms with E-state index in [2.05, 4.69) is 20.7 Å². The molecule has 0 bridgehead atoms. The van der Waals surface area contributed by atoms with Gasteiger partial charge in [-0.3, -0.25) is 0 Å². The van der Waals surface area contributed by atoms with Gasteiger partial charge in [-0.15, -0.1) is 0 Å². The maximum atomic E-state index is 12.6. The van der Waals surface area contributed by atoms with Crippen LogP contribution in [0.5, 0.6) is 5.75 Å². The van der Waals surface area contributed by atoms with E-state index in [-0.39, 0.29) is 4.90 Å². The number of sulfonamides is 1. The third-order valence-electron chi connectivity index (χ3n) is 3.80. The molecule has 0 radical (unpaired) electrons. The van der Waals surface area contributed by atoms with Crippen molar-refractivity contribution in [1.82, 2.24) is 4.72 Å². The SMILES string of the molecule is CCC(CC)(CC)NS(=O)(=O)c1cc(Br)ccc1OC. The van der Waals surface area contributed by atoms with E-state index < -0.39 is 15.6 Å². The van der Waals surface area contributed by atoms with Crippen LogP contribution < -0.4 is 9.46 Å². The molecule has 0 amide bonds. The van der Waals surface area contributed by atoms with E-state index in [9.17, 15) is 8.42 Å². The predicted molar refractivity (Wildman–Crippen MR) is 84.6 cm³/mol. The van der Waals surface area contributed by atoms with E-state index in [1.807, 2.05) is 20.8 Å². The third kappa shape index (κ3) is 3.74. The van der Waals surface area contributed by atoms with E-state index in [4.69, 9.17) is 4.74 Å². The lowest BCUT2D eigenvalue weighted by Gasteiger charge is -2.31. The molecule has 1 aromatic rings. The Labute approximate surface area is 130 Å². The van der Waals surface area contributed by atoms with Gasteiger partial charge in [-0.2, -0.15) is 0 Å². The minimum absolute atomic E-state index is 0.161. The average Bonchev–Trinajstić information content (AvgIpc) is 2.45. The number of ether oxygens (including phenoxy) is 1. The van der Waals surface area contributed by atoms with Gasteiger partial charge in [0, 0.05) is 10.0 Å². The molecule has 0 spiro atoms. The van der Waals surface area contributed by atoms with Crippen LogP contribution in [0.1, 0.15) is 40.0 Å². The minimum Gasteiger partial charge on any atom is -0.495 e. The molecule has 0 atom stereocenters. The standard InChI is InChI=1S/C14H22BrNO3S/c1-5-14(6-2,7-3)16-20(17,18)13-10-11(15)8-9-12(13)19-4/h8-10,16H,5-7H2,1-4H3. The molecule has 114 valence electrons. The molecule has 1 rings (SSSR count). The number of nitrogens with one attached hydrogen (secondary N) is 1. The molecule has 4 nitrogen and oxygen atoms in total. The van der Waals surface area contributed by atoms with Gasteiger partial charge in [0.05, 0.1) is 7.11 Å². The van der Waals surface area contributed by atoms with Crippen LogP contribution in [0, 0.1) is 0 Å². The summed E-state index contributed by atoms with van der Waals surface area (Å²) < 4.78 is 34.0. The number of benzene rings is 1. The van der Waals surface area contributed by atoms with E-state index in [0.29, 0.717) is 10.2 Å². The van der Waals surface area contributed by atoms with Crippen LogP contribution in [0.2, 0.25) is 0 Å². The highest BCUT2D eigenvalue weighted by molar-refractivity contribution is 9.10. The molecule has 0 saturated heterocycles. The van der Waals surface area contributed by atoms with Crippen LogP contribution in [-0.2, 0) is 10.0 Å². The van der Waals surface area contributed by atoms with Crippen molar-refractivity contribution >= 4 is 26.0 Å². The Balaban J connectivity index is 3.27. The maximum Gasteiger partial charge on any atom is 0.244 e. The molecule has 1 aromatic carbocycles. The Hall–Kier alpha value is -0.590. The molecule has 0 aliphatic carbocycles. The Morgan fingerprint density at radius 2 is 1.75 bits per heavy atom. The van der Waals surface area contributed by atoms with Crippen molar-refractivity contribution in [1.29, 1.82) is 0 Å². The van der Waals surface area contributed by atoms with Gasteiger partial charge in [0.25, 0.3) is 0 Å². The molecule has 6 heteroatoms. The van der Waals surface area contributed by atoms with Crippen molar-refractivity contribution in [2.75, 3.05) is 7.11 Å². The van der Waals surface area contributed by atoms with Crippen LogP contribution in [-0.4, -0.2) is 21.1 Å². The first-order valence-electron chi connectivity index (χ1n) is 6.71. The van der Waals surface area contributed by atoms with Gasteiger partial charge in [0.2, 0.25) is 10.0 Å². The van der Waals surface area contributed by atoms with Crippen molar-refractivity contribution in [3.8, 4) is 5.75 Å². The molecular weight excluding hydrogens is 342 g/mol. The van der Waals surface area contributed by atoms with Crippen LogP contribution in [0.25, 0.3) is 0 Å². The van der Waals surface area contributed by atoms with Crippen molar-refractivity contribution in [2.45, 2.75) is 50.5 Å². The quantitative estimate of drug-likeness (QED) is 0.803. The zero-order valence-electron chi connectivity index (χ0n) is 12.4. The van der Waals surface area contributed by atoms with Crippen molar-refractivity contribution < 1.29 is 13.2 Å². The van der Waals surface area contributed by atoms with E-state index >= 15 is 0 Å². The van der Waals surface area contributed by atoms with Gasteiger partial charge in [-0.25, -0.2) is 13.1 Å². The summed E-state index contributed by atoms with van der Waals surface area (Å²) >= 11 is 3.30. The van der Waals surface area contributed by atoms with Crippen molar-refractivity contribution in [2.24, 2.45) is 0 Å². The molecule has 0 heterocycles. The Bertz CT molecular complexity index is 545. The number of rotatable bonds is 7. The maximum absolute atomic E-state index is 12.6. The molecular formula is C14H22BrNO3S. The average molecular weight is 364 g/mol. The summed E-state index contributed by atoms with van der Waals surface area (Å²) in [6, 6.07) is 4.96. The van der Waals surface area contributed by atoms with Crippen LogP contribution >= 0.6 is 15.9 Å². The molecule has 20 heavy (non-hydrogen) atoms. The fraction of sp³-hybridized carbons (Fsp3) is 0.571. The summed E-state index contributed by atoms with van der Waals surface area (Å²) in [6.45, 7) is 5.98. The summed E-state index contributed by atoms with van der Waals surface area (Å²) in [5, 5.41) is 0. The first kappa shape index (κ1) is 17.5. The van der Waals surface area contributed by atoms with Crippen molar-refractivity contribution in [3.05, 3.63) is 22.7 Å². The largest absolute Gasteiger partial charge is 0.495 e. The smallest absolute Gasteiger partial charge is 0.244 e. The summed E-state index contributed by atoms with van der Waals surface area (Å²) in [5.41, 5.74) is -0.411. The lowest BCUT2D eigenvalue weighted by Crippen LogP contribution is -2.47. The van der Waals surface area contributed by atoms with E-state index in [1.54, 1.807) is 18.2 Å². The molecule has 1 N–H and O–H groups in total. The van der Waals surface area contributed by atoms with Gasteiger partial charge >= 0.3 is 0 Å². The van der Waals surface area contributed by atoms with Gasteiger partial charge in [-0.1, -0.05) is 36.7 Å². The van der Waals surface area contributed by atoms with E-state index in [0.717, 1.165) is 19.3 Å². The Kier molecular flexibility index (Phi) is 6.04. The minimum atomic E-state index is -3.62. The topological polar surface area (TPSA) is 55.4 Å². The van der Waals surface area contributed by atoms with Crippen LogP contribution in [0.3, 0.4) is 0 Å².